The Balaban J connectivity index is 1.42. The van der Waals surface area contributed by atoms with Gasteiger partial charge in [0.2, 0.25) is 5.91 Å². The highest BCUT2D eigenvalue weighted by molar-refractivity contribution is 14.1. The normalized spacial score (nSPS) is 12.7. The first-order valence-electron chi connectivity index (χ1n) is 10.9. The number of halogens is 1. The summed E-state index contributed by atoms with van der Waals surface area (Å²) in [6.45, 7) is 3.78. The Labute approximate surface area is 216 Å². The molecule has 8 heteroatoms. The molecule has 0 spiro atoms. The molecular weight excluding hydrogens is 559 g/mol. The molecule has 3 aromatic rings. The van der Waals surface area contributed by atoms with Gasteiger partial charge in [0.25, 0.3) is 0 Å². The Bertz CT molecular complexity index is 1260. The largest absolute Gasteiger partial charge is 0.478 e. The SMILES string of the molecule is C=CCC(NC(=O)OCC1c2ccccc2-c2ccccc21)C(=O)Nc1cc(I)cc(C(=O)O)c1. The highest BCUT2D eigenvalue weighted by Gasteiger charge is 2.29. The van der Waals surface area contributed by atoms with Crippen molar-refractivity contribution in [3.8, 4) is 11.1 Å². The van der Waals surface area contributed by atoms with Gasteiger partial charge in [-0.25, -0.2) is 9.59 Å². The van der Waals surface area contributed by atoms with Crippen LogP contribution in [0.3, 0.4) is 0 Å². The van der Waals surface area contributed by atoms with Gasteiger partial charge in [0.15, 0.2) is 0 Å². The summed E-state index contributed by atoms with van der Waals surface area (Å²) in [5.74, 6) is -1.70. The molecule has 0 aliphatic heterocycles. The van der Waals surface area contributed by atoms with Crippen LogP contribution in [-0.2, 0) is 9.53 Å². The third-order valence-corrected chi connectivity index (χ3v) is 6.39. The third kappa shape index (κ3) is 5.54. The van der Waals surface area contributed by atoms with Gasteiger partial charge in [0.1, 0.15) is 12.6 Å². The predicted molar refractivity (Wildman–Crippen MR) is 142 cm³/mol. The van der Waals surface area contributed by atoms with E-state index in [1.54, 1.807) is 6.07 Å². The van der Waals surface area contributed by atoms with Crippen LogP contribution in [0.2, 0.25) is 0 Å². The average Bonchev–Trinajstić information content (AvgIpc) is 3.16. The van der Waals surface area contributed by atoms with Crippen LogP contribution in [0.1, 0.15) is 33.8 Å². The monoisotopic (exact) mass is 582 g/mol. The number of alkyl carbamates (subject to hydrolysis) is 1. The van der Waals surface area contributed by atoms with Crippen molar-refractivity contribution in [2.75, 3.05) is 11.9 Å². The quantitative estimate of drug-likeness (QED) is 0.244. The molecular formula is C27H23IN2O5. The number of benzene rings is 3. The number of carboxylic acids is 1. The highest BCUT2D eigenvalue weighted by Crippen LogP contribution is 2.44. The number of fused-ring (bicyclic) bond motifs is 3. The van der Waals surface area contributed by atoms with Gasteiger partial charge in [-0.3, -0.25) is 4.79 Å². The molecule has 2 amide bonds. The van der Waals surface area contributed by atoms with Crippen LogP contribution < -0.4 is 10.6 Å². The molecule has 178 valence electrons. The molecule has 7 nitrogen and oxygen atoms in total. The molecule has 0 radical (unpaired) electrons. The lowest BCUT2D eigenvalue weighted by atomic mass is 9.98. The van der Waals surface area contributed by atoms with Crippen molar-refractivity contribution in [1.82, 2.24) is 5.32 Å². The van der Waals surface area contributed by atoms with Gasteiger partial charge in [0.05, 0.1) is 5.56 Å². The van der Waals surface area contributed by atoms with Crippen LogP contribution in [0, 0.1) is 3.57 Å². The fourth-order valence-electron chi connectivity index (χ4n) is 4.20. The van der Waals surface area contributed by atoms with E-state index in [1.165, 1.54) is 18.2 Å². The predicted octanol–water partition coefficient (Wildman–Crippen LogP) is 5.41. The lowest BCUT2D eigenvalue weighted by Crippen LogP contribution is -2.44. The van der Waals surface area contributed by atoms with Gasteiger partial charge in [0, 0.05) is 15.2 Å². The van der Waals surface area contributed by atoms with Crippen molar-refractivity contribution < 1.29 is 24.2 Å². The van der Waals surface area contributed by atoms with E-state index in [-0.39, 0.29) is 24.5 Å². The summed E-state index contributed by atoms with van der Waals surface area (Å²) in [7, 11) is 0. The number of carbonyl (C=O) groups is 3. The molecule has 0 saturated carbocycles. The molecule has 0 fully saturated rings. The zero-order valence-corrected chi connectivity index (χ0v) is 20.8. The Morgan fingerprint density at radius 1 is 1.03 bits per heavy atom. The summed E-state index contributed by atoms with van der Waals surface area (Å²) >= 11 is 1.97. The maximum Gasteiger partial charge on any atom is 0.407 e. The number of carbonyl (C=O) groups excluding carboxylic acids is 2. The van der Waals surface area contributed by atoms with Crippen molar-refractivity contribution in [2.24, 2.45) is 0 Å². The average molecular weight is 582 g/mol. The van der Waals surface area contributed by atoms with E-state index < -0.39 is 24.0 Å². The number of carboxylic acid groups (broad SMARTS) is 1. The van der Waals surface area contributed by atoms with Crippen molar-refractivity contribution >= 4 is 46.2 Å². The molecule has 1 atom stereocenters. The molecule has 0 aromatic heterocycles. The number of anilines is 1. The van der Waals surface area contributed by atoms with Crippen LogP contribution in [0.25, 0.3) is 11.1 Å². The Hall–Kier alpha value is -3.66. The summed E-state index contributed by atoms with van der Waals surface area (Å²) < 4.78 is 6.20. The topological polar surface area (TPSA) is 105 Å². The molecule has 3 aromatic carbocycles. The maximum atomic E-state index is 12.8. The molecule has 1 unspecified atom stereocenters. The Morgan fingerprint density at radius 3 is 2.26 bits per heavy atom. The minimum absolute atomic E-state index is 0.0527. The number of aromatic carboxylic acids is 1. The number of rotatable bonds is 8. The van der Waals surface area contributed by atoms with Crippen LogP contribution >= 0.6 is 22.6 Å². The molecule has 1 aliphatic carbocycles. The van der Waals surface area contributed by atoms with E-state index in [0.717, 1.165) is 22.3 Å². The van der Waals surface area contributed by atoms with Gasteiger partial charge in [-0.2, -0.15) is 0 Å². The molecule has 4 rings (SSSR count). The number of nitrogens with one attached hydrogen (secondary N) is 2. The number of ether oxygens (including phenoxy) is 1. The summed E-state index contributed by atoms with van der Waals surface area (Å²) in [4.78, 5) is 36.8. The minimum Gasteiger partial charge on any atom is -0.478 e. The van der Waals surface area contributed by atoms with Crippen molar-refractivity contribution in [1.29, 1.82) is 0 Å². The molecule has 35 heavy (non-hydrogen) atoms. The fraction of sp³-hybridized carbons (Fsp3) is 0.148. The van der Waals surface area contributed by atoms with Gasteiger partial charge in [-0.1, -0.05) is 54.6 Å². The maximum absolute atomic E-state index is 12.8. The number of hydrogen-bond acceptors (Lipinski definition) is 4. The van der Waals surface area contributed by atoms with E-state index in [0.29, 0.717) is 9.26 Å². The lowest BCUT2D eigenvalue weighted by Gasteiger charge is -2.19. The van der Waals surface area contributed by atoms with Gasteiger partial charge >= 0.3 is 12.1 Å². The van der Waals surface area contributed by atoms with E-state index in [1.807, 2.05) is 59.0 Å². The highest BCUT2D eigenvalue weighted by atomic mass is 127. The molecule has 1 aliphatic rings. The first-order valence-corrected chi connectivity index (χ1v) is 12.0. The summed E-state index contributed by atoms with van der Waals surface area (Å²) in [5.41, 5.74) is 4.81. The van der Waals surface area contributed by atoms with Crippen LogP contribution in [-0.4, -0.2) is 35.7 Å². The number of hydrogen-bond donors (Lipinski definition) is 3. The standard InChI is InChI=1S/C27H23IN2O5/c1-2-7-24(25(31)29-18-13-16(26(32)33)12-17(28)14-18)30-27(34)35-15-23-21-10-5-3-8-19(21)20-9-4-6-11-22(20)23/h2-6,8-14,23-24H,1,7,15H2,(H,29,31)(H,30,34)(H,32,33). The first-order chi connectivity index (χ1) is 16.9. The third-order valence-electron chi connectivity index (χ3n) is 5.77. The van der Waals surface area contributed by atoms with E-state index in [4.69, 9.17) is 4.74 Å². The molecule has 3 N–H and O–H groups in total. The second-order valence-electron chi connectivity index (χ2n) is 8.07. The van der Waals surface area contributed by atoms with Crippen LogP contribution in [0.4, 0.5) is 10.5 Å². The van der Waals surface area contributed by atoms with Gasteiger partial charge in [-0.05, 0) is 69.5 Å². The van der Waals surface area contributed by atoms with Crippen molar-refractivity contribution in [3.05, 3.63) is 99.6 Å². The number of amides is 2. The van der Waals surface area contributed by atoms with Crippen LogP contribution in [0.15, 0.2) is 79.4 Å². The van der Waals surface area contributed by atoms with Crippen LogP contribution in [0.5, 0.6) is 0 Å². The van der Waals surface area contributed by atoms with Crippen molar-refractivity contribution in [3.63, 3.8) is 0 Å². The van der Waals surface area contributed by atoms with Crippen molar-refractivity contribution in [2.45, 2.75) is 18.4 Å². The van der Waals surface area contributed by atoms with E-state index in [2.05, 4.69) is 29.3 Å². The Morgan fingerprint density at radius 2 is 1.66 bits per heavy atom. The molecule has 0 heterocycles. The van der Waals surface area contributed by atoms with E-state index in [9.17, 15) is 19.5 Å². The van der Waals surface area contributed by atoms with Gasteiger partial charge < -0.3 is 20.5 Å². The molecule has 0 bridgehead atoms. The smallest absolute Gasteiger partial charge is 0.407 e. The zero-order chi connectivity index (χ0) is 24.9. The Kier molecular flexibility index (Phi) is 7.50. The van der Waals surface area contributed by atoms with Gasteiger partial charge in [-0.15, -0.1) is 6.58 Å². The summed E-state index contributed by atoms with van der Waals surface area (Å²) in [6, 6.07) is 19.6. The first kappa shape index (κ1) is 24.5. The fourth-order valence-corrected chi connectivity index (χ4v) is 4.87. The zero-order valence-electron chi connectivity index (χ0n) is 18.7. The van der Waals surface area contributed by atoms with E-state index >= 15 is 0 Å². The second-order valence-corrected chi connectivity index (χ2v) is 9.32. The second kappa shape index (κ2) is 10.7. The summed E-state index contributed by atoms with van der Waals surface area (Å²) in [6.07, 6.45) is 0.972. The minimum atomic E-state index is -1.10. The lowest BCUT2D eigenvalue weighted by molar-refractivity contribution is -0.118. The molecule has 0 saturated heterocycles. The summed E-state index contributed by atoms with van der Waals surface area (Å²) in [5, 5.41) is 14.5.